The molecule has 1 aromatic carbocycles. The highest BCUT2D eigenvalue weighted by molar-refractivity contribution is 5.85. The highest BCUT2D eigenvalue weighted by Crippen LogP contribution is 2.29. The zero-order chi connectivity index (χ0) is 8.39. The summed E-state index contributed by atoms with van der Waals surface area (Å²) in [6.45, 7) is 1.08. The molecule has 0 aliphatic carbocycles. The average molecular weight is 200 g/mol. The van der Waals surface area contributed by atoms with E-state index in [0.29, 0.717) is 0 Å². The summed E-state index contributed by atoms with van der Waals surface area (Å²) in [6, 6.07) is 6.15. The smallest absolute Gasteiger partial charge is 0.124 e. The van der Waals surface area contributed by atoms with E-state index in [2.05, 4.69) is 11.4 Å². The minimum Gasteiger partial charge on any atom is -0.496 e. The van der Waals surface area contributed by atoms with Gasteiger partial charge in [-0.3, -0.25) is 0 Å². The van der Waals surface area contributed by atoms with Crippen LogP contribution in [0.4, 0.5) is 5.69 Å². The Morgan fingerprint density at radius 3 is 3.00 bits per heavy atom. The molecule has 0 aromatic heterocycles. The number of benzene rings is 1. The zero-order valence-electron chi connectivity index (χ0n) is 7.67. The Morgan fingerprint density at radius 1 is 1.38 bits per heavy atom. The van der Waals surface area contributed by atoms with Crippen molar-refractivity contribution in [2.45, 2.75) is 12.8 Å². The first-order chi connectivity index (χ1) is 5.92. The fourth-order valence-electron chi connectivity index (χ4n) is 1.67. The zero-order valence-corrected chi connectivity index (χ0v) is 8.49. The van der Waals surface area contributed by atoms with Crippen LogP contribution in [0.5, 0.6) is 5.75 Å². The van der Waals surface area contributed by atoms with Gasteiger partial charge < -0.3 is 10.1 Å². The third-order valence-corrected chi connectivity index (χ3v) is 2.27. The first-order valence-electron chi connectivity index (χ1n) is 4.31. The van der Waals surface area contributed by atoms with Crippen LogP contribution in [0.25, 0.3) is 0 Å². The SMILES string of the molecule is COc1cccc2c1CCCN2.Cl. The van der Waals surface area contributed by atoms with Crippen LogP contribution in [-0.4, -0.2) is 13.7 Å². The number of hydrogen-bond acceptors (Lipinski definition) is 2. The van der Waals surface area contributed by atoms with Gasteiger partial charge in [-0.1, -0.05) is 6.07 Å². The largest absolute Gasteiger partial charge is 0.496 e. The predicted octanol–water partition coefficient (Wildman–Crippen LogP) is 2.48. The van der Waals surface area contributed by atoms with Crippen molar-refractivity contribution in [2.24, 2.45) is 0 Å². The van der Waals surface area contributed by atoms with Crippen molar-refractivity contribution < 1.29 is 4.74 Å². The number of hydrogen-bond donors (Lipinski definition) is 1. The number of halogens is 1. The van der Waals surface area contributed by atoms with E-state index in [1.54, 1.807) is 7.11 Å². The number of fused-ring (bicyclic) bond motifs is 1. The van der Waals surface area contributed by atoms with E-state index >= 15 is 0 Å². The first kappa shape index (κ1) is 10.2. The molecule has 0 amide bonds. The summed E-state index contributed by atoms with van der Waals surface area (Å²) in [5.74, 6) is 1.01. The Morgan fingerprint density at radius 2 is 2.23 bits per heavy atom. The lowest BCUT2D eigenvalue weighted by molar-refractivity contribution is 0.409. The fourth-order valence-corrected chi connectivity index (χ4v) is 1.67. The molecule has 0 radical (unpaired) electrons. The molecule has 2 nitrogen and oxygen atoms in total. The molecule has 0 saturated heterocycles. The van der Waals surface area contributed by atoms with Gasteiger partial charge in [0, 0.05) is 17.8 Å². The summed E-state index contributed by atoms with van der Waals surface area (Å²) >= 11 is 0. The fraction of sp³-hybridized carbons (Fsp3) is 0.400. The standard InChI is InChI=1S/C10H13NO.ClH/c1-12-10-6-2-5-9-8(10)4-3-7-11-9;/h2,5-6,11H,3-4,7H2,1H3;1H. The predicted molar refractivity (Wildman–Crippen MR) is 57.1 cm³/mol. The Kier molecular flexibility index (Phi) is 3.43. The number of ether oxygens (including phenoxy) is 1. The monoisotopic (exact) mass is 199 g/mol. The van der Waals surface area contributed by atoms with Crippen LogP contribution >= 0.6 is 12.4 Å². The van der Waals surface area contributed by atoms with Gasteiger partial charge in [-0.15, -0.1) is 12.4 Å². The van der Waals surface area contributed by atoms with Crippen molar-refractivity contribution in [1.29, 1.82) is 0 Å². The third kappa shape index (κ3) is 1.89. The van der Waals surface area contributed by atoms with E-state index in [4.69, 9.17) is 4.74 Å². The van der Waals surface area contributed by atoms with Crippen LogP contribution in [0, 0.1) is 0 Å². The van der Waals surface area contributed by atoms with Gasteiger partial charge >= 0.3 is 0 Å². The van der Waals surface area contributed by atoms with Gasteiger partial charge in [0.15, 0.2) is 0 Å². The van der Waals surface area contributed by atoms with Crippen LogP contribution in [0.2, 0.25) is 0 Å². The lowest BCUT2D eigenvalue weighted by Gasteiger charge is -2.19. The Balaban J connectivity index is 0.000000845. The summed E-state index contributed by atoms with van der Waals surface area (Å²) < 4.78 is 5.27. The molecule has 13 heavy (non-hydrogen) atoms. The average Bonchev–Trinajstić information content (AvgIpc) is 2.17. The summed E-state index contributed by atoms with van der Waals surface area (Å²) in [5, 5.41) is 3.36. The quantitative estimate of drug-likeness (QED) is 0.751. The number of nitrogens with one attached hydrogen (secondary N) is 1. The highest BCUT2D eigenvalue weighted by Gasteiger charge is 2.11. The third-order valence-electron chi connectivity index (χ3n) is 2.27. The molecular weight excluding hydrogens is 186 g/mol. The van der Waals surface area contributed by atoms with Crippen molar-refractivity contribution in [3.05, 3.63) is 23.8 Å². The number of anilines is 1. The summed E-state index contributed by atoms with van der Waals surface area (Å²) in [7, 11) is 1.73. The molecule has 1 aliphatic rings. The molecule has 1 N–H and O–H groups in total. The van der Waals surface area contributed by atoms with Crippen LogP contribution in [0.1, 0.15) is 12.0 Å². The summed E-state index contributed by atoms with van der Waals surface area (Å²) in [6.07, 6.45) is 2.33. The van der Waals surface area contributed by atoms with Crippen LogP contribution in [0.15, 0.2) is 18.2 Å². The van der Waals surface area contributed by atoms with E-state index in [1.165, 1.54) is 17.7 Å². The second kappa shape index (κ2) is 4.38. The maximum absolute atomic E-state index is 5.27. The molecule has 0 fully saturated rings. The highest BCUT2D eigenvalue weighted by atomic mass is 35.5. The first-order valence-corrected chi connectivity index (χ1v) is 4.31. The second-order valence-electron chi connectivity index (χ2n) is 3.02. The lowest BCUT2D eigenvalue weighted by atomic mass is 10.0. The molecular formula is C10H14ClNO. The normalized spacial score (nSPS) is 13.6. The maximum Gasteiger partial charge on any atom is 0.124 e. The second-order valence-corrected chi connectivity index (χ2v) is 3.02. The topological polar surface area (TPSA) is 21.3 Å². The van der Waals surface area contributed by atoms with Crippen LogP contribution in [-0.2, 0) is 6.42 Å². The Hall–Kier alpha value is -0.890. The van der Waals surface area contributed by atoms with E-state index < -0.39 is 0 Å². The number of methoxy groups -OCH3 is 1. The molecule has 0 saturated carbocycles. The van der Waals surface area contributed by atoms with Gasteiger partial charge in [-0.25, -0.2) is 0 Å². The minimum absolute atomic E-state index is 0. The Labute approximate surface area is 84.7 Å². The van der Waals surface area contributed by atoms with Crippen molar-refractivity contribution in [1.82, 2.24) is 0 Å². The minimum atomic E-state index is 0. The summed E-state index contributed by atoms with van der Waals surface area (Å²) in [4.78, 5) is 0. The molecule has 72 valence electrons. The molecule has 1 aliphatic heterocycles. The van der Waals surface area contributed by atoms with Crippen LogP contribution < -0.4 is 10.1 Å². The van der Waals surface area contributed by atoms with E-state index in [9.17, 15) is 0 Å². The molecule has 1 heterocycles. The molecule has 0 atom stereocenters. The lowest BCUT2D eigenvalue weighted by Crippen LogP contribution is -2.12. The molecule has 1 aromatic rings. The summed E-state index contributed by atoms with van der Waals surface area (Å²) in [5.41, 5.74) is 2.56. The van der Waals surface area contributed by atoms with Gasteiger partial charge in [0.2, 0.25) is 0 Å². The molecule has 0 unspecified atom stereocenters. The van der Waals surface area contributed by atoms with Crippen molar-refractivity contribution in [3.63, 3.8) is 0 Å². The van der Waals surface area contributed by atoms with E-state index in [-0.39, 0.29) is 12.4 Å². The molecule has 0 spiro atoms. The van der Waals surface area contributed by atoms with Gasteiger partial charge in [-0.2, -0.15) is 0 Å². The maximum atomic E-state index is 5.27. The van der Waals surface area contributed by atoms with Gasteiger partial charge in [0.25, 0.3) is 0 Å². The Bertz CT molecular complexity index is 274. The van der Waals surface area contributed by atoms with E-state index in [0.717, 1.165) is 18.7 Å². The van der Waals surface area contributed by atoms with Crippen molar-refractivity contribution in [3.8, 4) is 5.75 Å². The van der Waals surface area contributed by atoms with E-state index in [1.807, 2.05) is 12.1 Å². The van der Waals surface area contributed by atoms with Gasteiger partial charge in [0.05, 0.1) is 7.11 Å². The van der Waals surface area contributed by atoms with Crippen LogP contribution in [0.3, 0.4) is 0 Å². The molecule has 3 heteroatoms. The van der Waals surface area contributed by atoms with Gasteiger partial charge in [0.1, 0.15) is 5.75 Å². The number of rotatable bonds is 1. The van der Waals surface area contributed by atoms with Crippen molar-refractivity contribution >= 4 is 18.1 Å². The van der Waals surface area contributed by atoms with Gasteiger partial charge in [-0.05, 0) is 25.0 Å². The molecule has 2 rings (SSSR count). The molecule has 0 bridgehead atoms. The van der Waals surface area contributed by atoms with Crippen molar-refractivity contribution in [2.75, 3.05) is 19.0 Å².